The van der Waals surface area contributed by atoms with Crippen molar-refractivity contribution in [2.45, 2.75) is 73.4 Å². The number of benzene rings is 1. The molecular weight excluding hydrogens is 579 g/mol. The number of halogens is 1. The van der Waals surface area contributed by atoms with Crippen molar-refractivity contribution < 1.29 is 78.7 Å². The van der Waals surface area contributed by atoms with E-state index in [0.29, 0.717) is 0 Å². The van der Waals surface area contributed by atoms with Gasteiger partial charge in [-0.15, -0.1) is 0 Å². The first kappa shape index (κ1) is 33.4. The van der Waals surface area contributed by atoms with E-state index in [1.54, 1.807) is 0 Å². The Labute approximate surface area is 235 Å². The molecule has 0 saturated carbocycles. The number of carbonyl (C=O) groups is 2. The minimum Gasteiger partial charge on any atom is -0.477 e. The van der Waals surface area contributed by atoms with Crippen molar-refractivity contribution in [3.63, 3.8) is 0 Å². The number of aliphatic hydroxyl groups is 7. The monoisotopic (exact) mass is 610 g/mol. The third-order valence-corrected chi connectivity index (χ3v) is 6.71. The van der Waals surface area contributed by atoms with Crippen LogP contribution >= 0.6 is 0 Å². The van der Waals surface area contributed by atoms with Crippen molar-refractivity contribution in [1.82, 2.24) is 5.32 Å². The molecule has 1 aromatic carbocycles. The maximum Gasteiger partial charge on any atom is 0.364 e. The smallest absolute Gasteiger partial charge is 0.364 e. The largest absolute Gasteiger partial charge is 0.477 e. The Morgan fingerprint density at radius 2 is 1.79 bits per heavy atom. The average Bonchev–Trinajstić information content (AvgIpc) is 2.97. The van der Waals surface area contributed by atoms with Gasteiger partial charge in [0.25, 0.3) is 17.4 Å². The number of nitro groups is 1. The van der Waals surface area contributed by atoms with Crippen LogP contribution in [0.4, 0.5) is 10.1 Å². The number of aliphatic hydroxyl groups excluding tert-OH is 7. The summed E-state index contributed by atoms with van der Waals surface area (Å²) in [6.07, 6.45) is -17.9. The molecule has 19 heteroatoms. The fraction of sp³-hybridized carbons (Fsp3) is 0.652. The summed E-state index contributed by atoms with van der Waals surface area (Å²) in [6, 6.07) is 2.82. The molecule has 9 N–H and O–H groups in total. The Morgan fingerprint density at radius 1 is 1.14 bits per heavy atom. The highest BCUT2D eigenvalue weighted by Crippen LogP contribution is 2.35. The number of rotatable bonds is 12. The van der Waals surface area contributed by atoms with Crippen LogP contribution in [0.2, 0.25) is 0 Å². The number of alkyl halides is 1. The SMILES string of the molecule is O=C(CF)N[C@H]1[C@H]([C@H](O)[C@H](O)CO)O[C@@](OC[C@H]2O[C@@H](Oc3ccc([N+](=O)[O-])cc3)[C@H](O)[C@@H](O)[C@H]2O)(C(=O)O)C[C@@H]1O. The van der Waals surface area contributed by atoms with Gasteiger partial charge in [0.2, 0.25) is 6.29 Å². The Kier molecular flexibility index (Phi) is 11.1. The quantitative estimate of drug-likeness (QED) is 0.0802. The van der Waals surface area contributed by atoms with E-state index in [1.807, 2.05) is 5.32 Å². The molecule has 0 aromatic heterocycles. The summed E-state index contributed by atoms with van der Waals surface area (Å²) in [5, 5.41) is 94.1. The van der Waals surface area contributed by atoms with E-state index >= 15 is 0 Å². The van der Waals surface area contributed by atoms with Crippen LogP contribution in [0.25, 0.3) is 0 Å². The van der Waals surface area contributed by atoms with Gasteiger partial charge < -0.3 is 65.1 Å². The molecule has 2 aliphatic heterocycles. The number of aliphatic carboxylic acids is 1. The van der Waals surface area contributed by atoms with Gasteiger partial charge in [-0.2, -0.15) is 0 Å². The predicted octanol–water partition coefficient (Wildman–Crippen LogP) is -4.10. The number of amides is 1. The van der Waals surface area contributed by atoms with Gasteiger partial charge in [-0.05, 0) is 12.1 Å². The van der Waals surface area contributed by atoms with E-state index < -0.39 is 110 Å². The molecule has 0 aliphatic carbocycles. The highest BCUT2D eigenvalue weighted by Gasteiger charge is 2.57. The van der Waals surface area contributed by atoms with E-state index in [4.69, 9.17) is 18.9 Å². The Morgan fingerprint density at radius 3 is 2.33 bits per heavy atom. The van der Waals surface area contributed by atoms with Crippen molar-refractivity contribution in [3.05, 3.63) is 34.4 Å². The molecule has 42 heavy (non-hydrogen) atoms. The Hall–Kier alpha value is -3.11. The van der Waals surface area contributed by atoms with Crippen molar-refractivity contribution in [1.29, 1.82) is 0 Å². The highest BCUT2D eigenvalue weighted by atomic mass is 19.1. The van der Waals surface area contributed by atoms with Gasteiger partial charge in [-0.25, -0.2) is 9.18 Å². The zero-order valence-electron chi connectivity index (χ0n) is 21.6. The number of nitro benzene ring substituents is 1. The summed E-state index contributed by atoms with van der Waals surface area (Å²) < 4.78 is 34.5. The first-order chi connectivity index (χ1) is 19.7. The molecule has 18 nitrogen and oxygen atoms in total. The van der Waals surface area contributed by atoms with Gasteiger partial charge >= 0.3 is 5.97 Å². The maximum atomic E-state index is 12.8. The second-order valence-corrected chi connectivity index (χ2v) is 9.57. The summed E-state index contributed by atoms with van der Waals surface area (Å²) in [6.45, 7) is -3.53. The number of carbonyl (C=O) groups excluding carboxylic acids is 1. The minimum atomic E-state index is -2.85. The highest BCUT2D eigenvalue weighted by molar-refractivity contribution is 5.78. The van der Waals surface area contributed by atoms with Crippen molar-refractivity contribution in [3.8, 4) is 5.75 Å². The van der Waals surface area contributed by atoms with Crippen LogP contribution in [0.15, 0.2) is 24.3 Å². The van der Waals surface area contributed by atoms with Gasteiger partial charge in [0.05, 0.1) is 30.3 Å². The Bertz CT molecular complexity index is 1100. The predicted molar refractivity (Wildman–Crippen MR) is 129 cm³/mol. The van der Waals surface area contributed by atoms with E-state index in [0.717, 1.165) is 24.3 Å². The van der Waals surface area contributed by atoms with Crippen LogP contribution in [0.5, 0.6) is 5.75 Å². The zero-order chi connectivity index (χ0) is 31.4. The summed E-state index contributed by atoms with van der Waals surface area (Å²) in [5.41, 5.74) is -0.274. The molecule has 2 aliphatic rings. The van der Waals surface area contributed by atoms with Crippen molar-refractivity contribution in [2.24, 2.45) is 0 Å². The lowest BCUT2D eigenvalue weighted by molar-refractivity contribution is -0.384. The first-order valence-corrected chi connectivity index (χ1v) is 12.4. The topological polar surface area (TPSA) is 288 Å². The molecule has 2 heterocycles. The molecule has 1 aromatic rings. The number of carboxylic acids is 1. The summed E-state index contributed by atoms with van der Waals surface area (Å²) in [7, 11) is 0. The third kappa shape index (κ3) is 7.26. The normalized spacial score (nSPS) is 34.7. The molecule has 0 unspecified atom stereocenters. The van der Waals surface area contributed by atoms with Crippen molar-refractivity contribution >= 4 is 17.6 Å². The molecule has 0 bridgehead atoms. The summed E-state index contributed by atoms with van der Waals surface area (Å²) >= 11 is 0. The van der Waals surface area contributed by atoms with Gasteiger partial charge in [-0.1, -0.05) is 0 Å². The van der Waals surface area contributed by atoms with Gasteiger partial charge in [0, 0.05) is 18.6 Å². The number of nitrogens with one attached hydrogen (secondary N) is 1. The van der Waals surface area contributed by atoms with E-state index in [9.17, 15) is 64.9 Å². The van der Waals surface area contributed by atoms with E-state index in [-0.39, 0.29) is 11.4 Å². The second kappa shape index (κ2) is 13.9. The van der Waals surface area contributed by atoms with Gasteiger partial charge in [0.1, 0.15) is 48.5 Å². The van der Waals surface area contributed by atoms with Crippen LogP contribution in [0.3, 0.4) is 0 Å². The number of non-ortho nitro benzene ring substituents is 1. The summed E-state index contributed by atoms with van der Waals surface area (Å²) in [5.74, 6) is -6.06. The standard InChI is InChI=1S/C23H31FN2O16/c24-6-14(30)25-15-11(28)5-23(22(35)36,42-20(15)16(31)12(29)7-27)39-8-13-17(32)18(33)19(34)21(41-13)40-10-3-1-9(2-4-10)26(37)38/h1-4,11-13,15-21,27-29,31-34H,5-8H2,(H,25,30)(H,35,36)/t11-,12+,13+,15+,16+,17-,18-,19+,20+,21+,23+/m0/s1. The summed E-state index contributed by atoms with van der Waals surface area (Å²) in [4.78, 5) is 34.1. The van der Waals surface area contributed by atoms with Gasteiger partial charge in [0.15, 0.2) is 6.67 Å². The van der Waals surface area contributed by atoms with Crippen LogP contribution in [-0.2, 0) is 23.8 Å². The lowest BCUT2D eigenvalue weighted by Crippen LogP contribution is -2.68. The van der Waals surface area contributed by atoms with E-state index in [2.05, 4.69) is 0 Å². The fourth-order valence-corrected chi connectivity index (χ4v) is 4.42. The molecule has 0 radical (unpaired) electrons. The molecule has 0 spiro atoms. The Balaban J connectivity index is 1.81. The fourth-order valence-electron chi connectivity index (χ4n) is 4.42. The second-order valence-electron chi connectivity index (χ2n) is 9.57. The number of hydrogen-bond donors (Lipinski definition) is 9. The molecule has 2 fully saturated rings. The minimum absolute atomic E-state index is 0.0470. The third-order valence-electron chi connectivity index (χ3n) is 6.71. The van der Waals surface area contributed by atoms with Crippen LogP contribution in [0, 0.1) is 10.1 Å². The van der Waals surface area contributed by atoms with Crippen LogP contribution in [-0.4, -0.2) is 144 Å². The number of ether oxygens (including phenoxy) is 4. The number of carboxylic acid groups (broad SMARTS) is 1. The van der Waals surface area contributed by atoms with Crippen molar-refractivity contribution in [2.75, 3.05) is 19.9 Å². The molecule has 236 valence electrons. The lowest BCUT2D eigenvalue weighted by Gasteiger charge is -2.47. The molecule has 1 amide bonds. The molecule has 2 saturated heterocycles. The zero-order valence-corrected chi connectivity index (χ0v) is 21.6. The first-order valence-electron chi connectivity index (χ1n) is 12.4. The van der Waals surface area contributed by atoms with Crippen LogP contribution in [0.1, 0.15) is 6.42 Å². The average molecular weight is 610 g/mol. The number of nitrogens with zero attached hydrogens (tertiary/aromatic N) is 1. The molecule has 11 atom stereocenters. The van der Waals surface area contributed by atoms with Gasteiger partial charge in [-0.3, -0.25) is 14.9 Å². The molecular formula is C23H31FN2O16. The van der Waals surface area contributed by atoms with E-state index in [1.165, 1.54) is 0 Å². The maximum absolute atomic E-state index is 12.8. The van der Waals surface area contributed by atoms with Crippen LogP contribution < -0.4 is 10.1 Å². The number of hydrogen-bond acceptors (Lipinski definition) is 15. The molecule has 3 rings (SSSR count). The lowest BCUT2D eigenvalue weighted by atomic mass is 9.88.